The van der Waals surface area contributed by atoms with Crippen LogP contribution >= 0.6 is 0 Å². The van der Waals surface area contributed by atoms with Crippen molar-refractivity contribution >= 4 is 72.0 Å². The van der Waals surface area contributed by atoms with Crippen molar-refractivity contribution in [2.24, 2.45) is 0 Å². The van der Waals surface area contributed by atoms with Gasteiger partial charge in [0.15, 0.2) is 5.58 Å². The molecule has 48 heavy (non-hydrogen) atoms. The highest BCUT2D eigenvalue weighted by molar-refractivity contribution is 6.20. The SMILES string of the molecule is c1ccc(-c2ccc(N(c3ccc(-n4c5ccccc5c5c6ccccc6oc54)cc3)c3cccc4c3oc3ccccc34)cc2)cc1. The summed E-state index contributed by atoms with van der Waals surface area (Å²) < 4.78 is 15.3. The summed E-state index contributed by atoms with van der Waals surface area (Å²) >= 11 is 0. The zero-order chi connectivity index (χ0) is 31.6. The van der Waals surface area contributed by atoms with Gasteiger partial charge in [0.1, 0.15) is 11.2 Å². The second-order valence-corrected chi connectivity index (χ2v) is 12.1. The third kappa shape index (κ3) is 4.03. The third-order valence-corrected chi connectivity index (χ3v) is 9.42. The van der Waals surface area contributed by atoms with Gasteiger partial charge in [-0.3, -0.25) is 4.57 Å². The summed E-state index contributed by atoms with van der Waals surface area (Å²) in [5.41, 5.74) is 11.0. The van der Waals surface area contributed by atoms with Crippen molar-refractivity contribution in [2.45, 2.75) is 0 Å². The summed E-state index contributed by atoms with van der Waals surface area (Å²) in [5, 5.41) is 5.65. The van der Waals surface area contributed by atoms with Crippen LogP contribution in [0.3, 0.4) is 0 Å². The maximum atomic E-state index is 6.55. The number of hydrogen-bond donors (Lipinski definition) is 0. The van der Waals surface area contributed by atoms with Gasteiger partial charge in [-0.1, -0.05) is 109 Å². The first-order valence-electron chi connectivity index (χ1n) is 16.2. The highest BCUT2D eigenvalue weighted by Gasteiger charge is 2.21. The Balaban J connectivity index is 1.15. The van der Waals surface area contributed by atoms with Crippen molar-refractivity contribution in [1.82, 2.24) is 4.57 Å². The maximum Gasteiger partial charge on any atom is 0.213 e. The average molecular weight is 617 g/mol. The van der Waals surface area contributed by atoms with Gasteiger partial charge in [0, 0.05) is 38.6 Å². The molecular weight excluding hydrogens is 588 g/mol. The predicted octanol–water partition coefficient (Wildman–Crippen LogP) is 12.6. The molecule has 10 rings (SSSR count). The molecule has 3 heterocycles. The normalized spacial score (nSPS) is 11.8. The lowest BCUT2D eigenvalue weighted by molar-refractivity contribution is 0.645. The predicted molar refractivity (Wildman–Crippen MR) is 198 cm³/mol. The molecule has 0 spiro atoms. The van der Waals surface area contributed by atoms with Crippen LogP contribution in [-0.2, 0) is 0 Å². The Bertz CT molecular complexity index is 2770. The van der Waals surface area contributed by atoms with Crippen LogP contribution in [0.15, 0.2) is 179 Å². The molecule has 0 radical (unpaired) electrons. The van der Waals surface area contributed by atoms with E-state index in [0.29, 0.717) is 0 Å². The average Bonchev–Trinajstić information content (AvgIpc) is 3.82. The molecule has 0 atom stereocenters. The fourth-order valence-corrected chi connectivity index (χ4v) is 7.22. The molecule has 4 heteroatoms. The van der Waals surface area contributed by atoms with Crippen LogP contribution < -0.4 is 4.90 Å². The van der Waals surface area contributed by atoms with E-state index in [1.165, 1.54) is 16.5 Å². The van der Waals surface area contributed by atoms with Crippen LogP contribution in [0.5, 0.6) is 0 Å². The summed E-state index contributed by atoms with van der Waals surface area (Å²) in [6, 6.07) is 59.4. The minimum Gasteiger partial charge on any atom is -0.454 e. The largest absolute Gasteiger partial charge is 0.454 e. The molecule has 3 aromatic heterocycles. The molecule has 0 saturated heterocycles. The van der Waals surface area contributed by atoms with Gasteiger partial charge >= 0.3 is 0 Å². The van der Waals surface area contributed by atoms with E-state index in [4.69, 9.17) is 8.83 Å². The molecule has 226 valence electrons. The van der Waals surface area contributed by atoms with Gasteiger partial charge in [0.25, 0.3) is 0 Å². The number of benzene rings is 7. The molecule has 0 unspecified atom stereocenters. The minimum absolute atomic E-state index is 0.852. The van der Waals surface area contributed by atoms with Crippen LogP contribution in [0.25, 0.3) is 71.7 Å². The van der Waals surface area contributed by atoms with Crippen molar-refractivity contribution in [3.8, 4) is 16.8 Å². The van der Waals surface area contributed by atoms with Crippen molar-refractivity contribution < 1.29 is 8.83 Å². The van der Waals surface area contributed by atoms with Gasteiger partial charge in [0.05, 0.1) is 16.6 Å². The van der Waals surface area contributed by atoms with Gasteiger partial charge in [-0.2, -0.15) is 0 Å². The quantitative estimate of drug-likeness (QED) is 0.193. The second kappa shape index (κ2) is 10.5. The van der Waals surface area contributed by atoms with Gasteiger partial charge in [-0.25, -0.2) is 0 Å². The Hall–Kier alpha value is -6.52. The first-order chi connectivity index (χ1) is 23.8. The molecule has 0 aliphatic rings. The van der Waals surface area contributed by atoms with Gasteiger partial charge in [0.2, 0.25) is 5.71 Å². The number of rotatable bonds is 5. The van der Waals surface area contributed by atoms with Gasteiger partial charge < -0.3 is 13.7 Å². The van der Waals surface area contributed by atoms with Crippen LogP contribution in [-0.4, -0.2) is 4.57 Å². The van der Waals surface area contributed by atoms with Gasteiger partial charge in [-0.15, -0.1) is 0 Å². The molecule has 10 aromatic rings. The number of para-hydroxylation sites is 4. The van der Waals surface area contributed by atoms with Crippen molar-refractivity contribution in [2.75, 3.05) is 4.90 Å². The highest BCUT2D eigenvalue weighted by atomic mass is 16.3. The van der Waals surface area contributed by atoms with E-state index in [9.17, 15) is 0 Å². The van der Waals surface area contributed by atoms with Crippen molar-refractivity contribution in [3.05, 3.63) is 170 Å². The molecule has 0 amide bonds. The monoisotopic (exact) mass is 616 g/mol. The van der Waals surface area contributed by atoms with E-state index in [0.717, 1.165) is 72.3 Å². The molecule has 0 aliphatic heterocycles. The molecule has 4 nitrogen and oxygen atoms in total. The summed E-state index contributed by atoms with van der Waals surface area (Å²) in [5.74, 6) is 0. The van der Waals surface area contributed by atoms with E-state index in [1.54, 1.807) is 0 Å². The molecule has 0 bridgehead atoms. The Morgan fingerprint density at radius 3 is 1.77 bits per heavy atom. The van der Waals surface area contributed by atoms with Crippen LogP contribution in [0, 0.1) is 0 Å². The molecule has 0 saturated carbocycles. The molecular formula is C44H28N2O2. The summed E-state index contributed by atoms with van der Waals surface area (Å²) in [6.07, 6.45) is 0. The Morgan fingerprint density at radius 2 is 1.00 bits per heavy atom. The van der Waals surface area contributed by atoms with Crippen LogP contribution in [0.2, 0.25) is 0 Å². The molecule has 0 aliphatic carbocycles. The molecule has 7 aromatic carbocycles. The summed E-state index contributed by atoms with van der Waals surface area (Å²) in [4.78, 5) is 2.29. The zero-order valence-corrected chi connectivity index (χ0v) is 25.9. The standard InChI is InChI=1S/C44H28N2O2/c1-2-11-29(12-3-1)30-21-23-31(24-22-30)45(39-18-10-16-35-34-13-5-8-19-40(34)47-43(35)39)32-25-27-33(28-26-32)46-38-17-7-4-14-36(38)42-37-15-6-9-20-41(37)48-44(42)46/h1-28H. The van der Waals surface area contributed by atoms with E-state index >= 15 is 0 Å². The fourth-order valence-electron chi connectivity index (χ4n) is 7.22. The van der Waals surface area contributed by atoms with Crippen LogP contribution in [0.4, 0.5) is 17.1 Å². The summed E-state index contributed by atoms with van der Waals surface area (Å²) in [7, 11) is 0. The van der Waals surface area contributed by atoms with E-state index in [-0.39, 0.29) is 0 Å². The maximum absolute atomic E-state index is 6.55. The number of hydrogen-bond acceptors (Lipinski definition) is 3. The second-order valence-electron chi connectivity index (χ2n) is 12.1. The number of anilines is 3. The fraction of sp³-hybridized carbons (Fsp3) is 0. The lowest BCUT2D eigenvalue weighted by Gasteiger charge is -2.26. The summed E-state index contributed by atoms with van der Waals surface area (Å²) in [6.45, 7) is 0. The van der Waals surface area contributed by atoms with Crippen LogP contribution in [0.1, 0.15) is 0 Å². The van der Waals surface area contributed by atoms with E-state index < -0.39 is 0 Å². The Labute approximate surface area is 276 Å². The minimum atomic E-state index is 0.852. The number of nitrogens with zero attached hydrogens (tertiary/aromatic N) is 2. The Morgan fingerprint density at radius 1 is 0.417 bits per heavy atom. The zero-order valence-electron chi connectivity index (χ0n) is 25.9. The third-order valence-electron chi connectivity index (χ3n) is 9.42. The van der Waals surface area contributed by atoms with Gasteiger partial charge in [-0.05, 0) is 71.8 Å². The smallest absolute Gasteiger partial charge is 0.213 e. The lowest BCUT2D eigenvalue weighted by Crippen LogP contribution is -2.10. The first kappa shape index (κ1) is 26.7. The van der Waals surface area contributed by atoms with E-state index in [1.807, 2.05) is 30.3 Å². The van der Waals surface area contributed by atoms with Crippen molar-refractivity contribution in [1.29, 1.82) is 0 Å². The number of furan rings is 2. The first-order valence-corrected chi connectivity index (χ1v) is 16.2. The molecule has 0 N–H and O–H groups in total. The van der Waals surface area contributed by atoms with Crippen molar-refractivity contribution in [3.63, 3.8) is 0 Å². The number of aromatic nitrogens is 1. The topological polar surface area (TPSA) is 34.5 Å². The number of fused-ring (bicyclic) bond motifs is 8. The van der Waals surface area contributed by atoms with E-state index in [2.05, 4.69) is 149 Å². The Kier molecular flexibility index (Phi) is 5.84. The lowest BCUT2D eigenvalue weighted by atomic mass is 10.0. The highest BCUT2D eigenvalue weighted by Crippen LogP contribution is 2.43. The molecule has 0 fully saturated rings.